The van der Waals surface area contributed by atoms with Crippen LogP contribution in [-0.4, -0.2) is 63.6 Å². The molecule has 210 valence electrons. The Labute approximate surface area is 228 Å². The van der Waals surface area contributed by atoms with Crippen molar-refractivity contribution in [1.29, 1.82) is 0 Å². The third-order valence-electron chi connectivity index (χ3n) is 5.96. The van der Waals surface area contributed by atoms with Gasteiger partial charge in [0, 0.05) is 19.7 Å². The number of aromatic nitrogens is 4. The Morgan fingerprint density at radius 1 is 1.18 bits per heavy atom. The largest absolute Gasteiger partial charge is 0.479 e. The quantitative estimate of drug-likeness (QED) is 0.415. The third-order valence-corrected chi connectivity index (χ3v) is 5.96. The van der Waals surface area contributed by atoms with Crippen molar-refractivity contribution in [1.82, 2.24) is 24.6 Å². The minimum absolute atomic E-state index is 0.00324. The lowest BCUT2D eigenvalue weighted by molar-refractivity contribution is 0.0228. The molecule has 2 heterocycles. The van der Waals surface area contributed by atoms with E-state index in [9.17, 15) is 9.59 Å². The molecule has 0 aliphatic heterocycles. The van der Waals surface area contributed by atoms with Crippen LogP contribution in [0.15, 0.2) is 24.4 Å². The Balaban J connectivity index is 2.00. The van der Waals surface area contributed by atoms with Crippen molar-refractivity contribution >= 4 is 17.9 Å². The molecule has 3 aromatic rings. The van der Waals surface area contributed by atoms with E-state index in [1.165, 1.54) is 25.3 Å². The van der Waals surface area contributed by atoms with Crippen LogP contribution >= 0.6 is 0 Å². The van der Waals surface area contributed by atoms with Crippen molar-refractivity contribution in [3.05, 3.63) is 46.8 Å². The number of benzene rings is 1. The summed E-state index contributed by atoms with van der Waals surface area (Å²) in [5.74, 6) is -0.0629. The Hall–Kier alpha value is -4.35. The van der Waals surface area contributed by atoms with Gasteiger partial charge in [-0.05, 0) is 40.7 Å². The van der Waals surface area contributed by atoms with Gasteiger partial charge in [-0.25, -0.2) is 19.6 Å². The van der Waals surface area contributed by atoms with E-state index in [0.717, 1.165) is 5.56 Å². The number of anilines is 1. The topological polar surface area (TPSA) is 144 Å². The number of ether oxygens (including phenoxy) is 4. The molecule has 1 atom stereocenters. The van der Waals surface area contributed by atoms with Crippen LogP contribution in [0.2, 0.25) is 0 Å². The zero-order valence-electron chi connectivity index (χ0n) is 23.9. The van der Waals surface area contributed by atoms with Gasteiger partial charge >= 0.3 is 12.1 Å². The van der Waals surface area contributed by atoms with Gasteiger partial charge in [0.25, 0.3) is 5.88 Å². The predicted octanol–water partition coefficient (Wildman–Crippen LogP) is 4.07. The van der Waals surface area contributed by atoms with E-state index in [0.29, 0.717) is 28.1 Å². The molecular weight excluding hydrogens is 504 g/mol. The number of nitrogens with zero attached hydrogens (tertiary/aromatic N) is 5. The first-order valence-electron chi connectivity index (χ1n) is 12.3. The fourth-order valence-corrected chi connectivity index (χ4v) is 3.96. The molecule has 1 aromatic carbocycles. The highest BCUT2D eigenvalue weighted by atomic mass is 16.6. The number of nitrogens with two attached hydrogens (primary N) is 1. The second kappa shape index (κ2) is 11.6. The molecule has 0 radical (unpaired) electrons. The fourth-order valence-electron chi connectivity index (χ4n) is 3.96. The van der Waals surface area contributed by atoms with E-state index >= 15 is 0 Å². The molecule has 0 spiro atoms. The summed E-state index contributed by atoms with van der Waals surface area (Å²) in [4.78, 5) is 35.4. The molecule has 2 N–H and O–H groups in total. The highest BCUT2D eigenvalue weighted by Gasteiger charge is 2.31. The van der Waals surface area contributed by atoms with Gasteiger partial charge in [0.1, 0.15) is 17.9 Å². The number of hydrogen-bond acceptors (Lipinski definition) is 10. The molecule has 2 aromatic heterocycles. The molecule has 12 heteroatoms. The monoisotopic (exact) mass is 540 g/mol. The van der Waals surface area contributed by atoms with Crippen LogP contribution in [0.25, 0.3) is 11.3 Å². The van der Waals surface area contributed by atoms with E-state index in [1.807, 2.05) is 26.0 Å². The second-order valence-corrected chi connectivity index (χ2v) is 10.0. The fraction of sp³-hybridized carbons (Fsp3) is 0.444. The number of aryl methyl sites for hydroxylation is 2. The van der Waals surface area contributed by atoms with Crippen molar-refractivity contribution in [2.45, 2.75) is 52.9 Å². The van der Waals surface area contributed by atoms with E-state index in [4.69, 9.17) is 24.7 Å². The summed E-state index contributed by atoms with van der Waals surface area (Å²) in [6, 6.07) is 4.85. The first-order chi connectivity index (χ1) is 18.3. The van der Waals surface area contributed by atoms with Crippen molar-refractivity contribution in [3.63, 3.8) is 0 Å². The summed E-state index contributed by atoms with van der Waals surface area (Å²) in [6.45, 7) is 9.17. The van der Waals surface area contributed by atoms with Crippen LogP contribution in [0.3, 0.4) is 0 Å². The number of carbonyl (C=O) groups excluding carboxylic acids is 2. The molecule has 0 fully saturated rings. The summed E-state index contributed by atoms with van der Waals surface area (Å²) in [6.07, 6.45) is 0.992. The number of nitrogen functional groups attached to an aromatic ring is 1. The van der Waals surface area contributed by atoms with E-state index < -0.39 is 23.7 Å². The van der Waals surface area contributed by atoms with Gasteiger partial charge in [-0.2, -0.15) is 0 Å². The summed E-state index contributed by atoms with van der Waals surface area (Å²) in [7, 11) is 6.20. The van der Waals surface area contributed by atoms with Gasteiger partial charge in [-0.1, -0.05) is 17.7 Å². The normalized spacial score (nSPS) is 12.0. The maximum absolute atomic E-state index is 12.8. The summed E-state index contributed by atoms with van der Waals surface area (Å²) >= 11 is 0. The number of rotatable bonds is 8. The average Bonchev–Trinajstić information content (AvgIpc) is 3.21. The molecule has 0 aliphatic rings. The number of amides is 1. The zero-order valence-corrected chi connectivity index (χ0v) is 23.9. The SMILES string of the molecule is COC(=O)c1ccc(C)cc1COc1nc(-c2c(OC)nn(C)c2C(C)N(C)C(=O)OC(C)(C)C)cnc1N. The standard InChI is InChI=1S/C27H36N6O6/c1-15-10-11-18(25(34)37-9)17(12-15)14-38-24-22(28)29-13-19(30-24)20-21(33(7)31-23(20)36-8)16(2)32(6)26(35)39-27(3,4)5/h10-13,16H,14H2,1-9H3,(H2,28,29). The molecule has 0 saturated carbocycles. The van der Waals surface area contributed by atoms with Crippen LogP contribution in [-0.2, 0) is 23.1 Å². The molecule has 1 amide bonds. The average molecular weight is 541 g/mol. The van der Waals surface area contributed by atoms with E-state index in [2.05, 4.69) is 15.1 Å². The maximum atomic E-state index is 12.8. The zero-order chi connectivity index (χ0) is 29.1. The summed E-state index contributed by atoms with van der Waals surface area (Å²) in [5.41, 5.74) is 8.90. The van der Waals surface area contributed by atoms with Crippen molar-refractivity contribution in [2.75, 3.05) is 27.0 Å². The number of carbonyl (C=O) groups is 2. The van der Waals surface area contributed by atoms with Gasteiger partial charge in [-0.15, -0.1) is 5.10 Å². The first kappa shape index (κ1) is 29.2. The van der Waals surface area contributed by atoms with Crippen LogP contribution in [0, 0.1) is 6.92 Å². The number of hydrogen-bond donors (Lipinski definition) is 1. The number of methoxy groups -OCH3 is 2. The summed E-state index contributed by atoms with van der Waals surface area (Å²) < 4.78 is 23.5. The van der Waals surface area contributed by atoms with Crippen LogP contribution in [0.4, 0.5) is 10.6 Å². The highest BCUT2D eigenvalue weighted by molar-refractivity contribution is 5.91. The Bertz CT molecular complexity index is 1360. The molecule has 0 aliphatic carbocycles. The molecular formula is C27H36N6O6. The van der Waals surface area contributed by atoms with Gasteiger partial charge in [-0.3, -0.25) is 4.68 Å². The van der Waals surface area contributed by atoms with E-state index in [1.54, 1.807) is 45.6 Å². The van der Waals surface area contributed by atoms with Crippen LogP contribution in [0.5, 0.6) is 11.8 Å². The van der Waals surface area contributed by atoms with Crippen LogP contribution < -0.4 is 15.2 Å². The predicted molar refractivity (Wildman–Crippen MR) is 144 cm³/mol. The summed E-state index contributed by atoms with van der Waals surface area (Å²) in [5, 5.41) is 4.46. The Morgan fingerprint density at radius 3 is 2.49 bits per heavy atom. The number of esters is 1. The molecule has 12 nitrogen and oxygen atoms in total. The van der Waals surface area contributed by atoms with Gasteiger partial charge in [0.2, 0.25) is 5.88 Å². The van der Waals surface area contributed by atoms with Crippen molar-refractivity contribution < 1.29 is 28.5 Å². The smallest absolute Gasteiger partial charge is 0.410 e. The molecule has 1 unspecified atom stereocenters. The minimum Gasteiger partial charge on any atom is -0.479 e. The van der Waals surface area contributed by atoms with Gasteiger partial charge in [0.15, 0.2) is 5.82 Å². The Kier molecular flexibility index (Phi) is 8.68. The first-order valence-corrected chi connectivity index (χ1v) is 12.3. The van der Waals surface area contributed by atoms with Gasteiger partial charge in [0.05, 0.1) is 43.3 Å². The van der Waals surface area contributed by atoms with Crippen molar-refractivity contribution in [3.8, 4) is 23.0 Å². The molecule has 39 heavy (non-hydrogen) atoms. The molecule has 0 saturated heterocycles. The van der Waals surface area contributed by atoms with Crippen molar-refractivity contribution in [2.24, 2.45) is 7.05 Å². The lowest BCUT2D eigenvalue weighted by Gasteiger charge is -2.29. The minimum atomic E-state index is -0.655. The molecule has 3 rings (SSSR count). The lowest BCUT2D eigenvalue weighted by Crippen LogP contribution is -2.36. The van der Waals surface area contributed by atoms with Crippen LogP contribution in [0.1, 0.15) is 60.9 Å². The second-order valence-electron chi connectivity index (χ2n) is 10.0. The Morgan fingerprint density at radius 2 is 1.87 bits per heavy atom. The lowest BCUT2D eigenvalue weighted by atomic mass is 10.1. The third kappa shape index (κ3) is 6.57. The molecule has 0 bridgehead atoms. The highest BCUT2D eigenvalue weighted by Crippen LogP contribution is 2.38. The van der Waals surface area contributed by atoms with Gasteiger partial charge < -0.3 is 29.6 Å². The maximum Gasteiger partial charge on any atom is 0.410 e. The van der Waals surface area contributed by atoms with E-state index in [-0.39, 0.29) is 24.2 Å².